The van der Waals surface area contributed by atoms with Gasteiger partial charge in [-0.05, 0) is 36.4 Å². The number of rotatable bonds is 2. The maximum absolute atomic E-state index is 9.66. The Balaban J connectivity index is 2.32. The van der Waals surface area contributed by atoms with Gasteiger partial charge in [-0.15, -0.1) is 0 Å². The molecule has 5 heteroatoms. The summed E-state index contributed by atoms with van der Waals surface area (Å²) in [5.41, 5.74) is 1.20. The standard InChI is InChI=1S/C13H8BrCl2NO/c14-9-1-4-13(18)8(5-9)7-17-12-3-2-10(15)6-11(12)16/h1-7,18H/b17-7+. The van der Waals surface area contributed by atoms with Gasteiger partial charge < -0.3 is 5.11 Å². The highest BCUT2D eigenvalue weighted by Crippen LogP contribution is 2.28. The number of aliphatic imine (C=N–C) groups is 1. The van der Waals surface area contributed by atoms with Gasteiger partial charge in [0.15, 0.2) is 0 Å². The van der Waals surface area contributed by atoms with Crippen molar-refractivity contribution in [3.63, 3.8) is 0 Å². The molecule has 1 N–H and O–H groups in total. The molecule has 18 heavy (non-hydrogen) atoms. The number of hydrogen-bond acceptors (Lipinski definition) is 2. The zero-order valence-corrected chi connectivity index (χ0v) is 12.2. The van der Waals surface area contributed by atoms with Gasteiger partial charge in [-0.2, -0.15) is 0 Å². The van der Waals surface area contributed by atoms with E-state index in [0.29, 0.717) is 21.3 Å². The summed E-state index contributed by atoms with van der Waals surface area (Å²) in [4.78, 5) is 4.22. The van der Waals surface area contributed by atoms with Crippen LogP contribution in [0.15, 0.2) is 45.9 Å². The predicted octanol–water partition coefficient (Wildman–Crippen LogP) is 5.21. The molecule has 2 rings (SSSR count). The fraction of sp³-hybridized carbons (Fsp3) is 0. The van der Waals surface area contributed by atoms with Gasteiger partial charge in [-0.1, -0.05) is 39.1 Å². The molecule has 0 saturated heterocycles. The van der Waals surface area contributed by atoms with E-state index in [0.717, 1.165) is 4.47 Å². The van der Waals surface area contributed by atoms with Gasteiger partial charge in [0, 0.05) is 21.3 Å². The van der Waals surface area contributed by atoms with Crippen molar-refractivity contribution >= 4 is 51.0 Å². The van der Waals surface area contributed by atoms with E-state index >= 15 is 0 Å². The van der Waals surface area contributed by atoms with E-state index in [-0.39, 0.29) is 5.75 Å². The van der Waals surface area contributed by atoms with Crippen molar-refractivity contribution in [3.05, 3.63) is 56.5 Å². The molecule has 92 valence electrons. The second-order valence-corrected chi connectivity index (χ2v) is 5.32. The van der Waals surface area contributed by atoms with Crippen molar-refractivity contribution in [3.8, 4) is 5.75 Å². The average molecular weight is 345 g/mol. The molecule has 0 spiro atoms. The zero-order chi connectivity index (χ0) is 13.1. The predicted molar refractivity (Wildman–Crippen MR) is 79.5 cm³/mol. The third-order valence-electron chi connectivity index (χ3n) is 2.24. The van der Waals surface area contributed by atoms with Crippen LogP contribution < -0.4 is 0 Å². The summed E-state index contributed by atoms with van der Waals surface area (Å²) in [6.07, 6.45) is 1.55. The van der Waals surface area contributed by atoms with Crippen LogP contribution in [0.1, 0.15) is 5.56 Å². The lowest BCUT2D eigenvalue weighted by molar-refractivity contribution is 0.474. The molecule has 0 atom stereocenters. The van der Waals surface area contributed by atoms with Gasteiger partial charge in [0.05, 0.1) is 10.7 Å². The molecule has 0 saturated carbocycles. The third kappa shape index (κ3) is 3.25. The third-order valence-corrected chi connectivity index (χ3v) is 3.27. The van der Waals surface area contributed by atoms with Crippen LogP contribution in [0.4, 0.5) is 5.69 Å². The number of hydrogen-bond donors (Lipinski definition) is 1. The molecule has 2 aromatic rings. The highest BCUT2D eigenvalue weighted by molar-refractivity contribution is 9.10. The van der Waals surface area contributed by atoms with E-state index in [2.05, 4.69) is 20.9 Å². The number of benzene rings is 2. The molecule has 0 bridgehead atoms. The van der Waals surface area contributed by atoms with E-state index in [4.69, 9.17) is 23.2 Å². The molecule has 0 aliphatic carbocycles. The Labute approximate surface area is 123 Å². The lowest BCUT2D eigenvalue weighted by atomic mass is 10.2. The van der Waals surface area contributed by atoms with Crippen LogP contribution in [0, 0.1) is 0 Å². The molecule has 0 aromatic heterocycles. The van der Waals surface area contributed by atoms with Gasteiger partial charge in [0.2, 0.25) is 0 Å². The molecule has 0 aliphatic heterocycles. The fourth-order valence-electron chi connectivity index (χ4n) is 1.35. The molecule has 2 nitrogen and oxygen atoms in total. The normalized spacial score (nSPS) is 11.1. The summed E-state index contributed by atoms with van der Waals surface area (Å²) in [6, 6.07) is 10.2. The topological polar surface area (TPSA) is 32.6 Å². The second kappa shape index (κ2) is 5.74. The smallest absolute Gasteiger partial charge is 0.124 e. The SMILES string of the molecule is Oc1ccc(Br)cc1/C=N/c1ccc(Cl)cc1Cl. The number of phenols is 1. The minimum Gasteiger partial charge on any atom is -0.507 e. The van der Waals surface area contributed by atoms with Crippen molar-refractivity contribution in [1.29, 1.82) is 0 Å². The van der Waals surface area contributed by atoms with E-state index in [1.807, 2.05) is 0 Å². The highest BCUT2D eigenvalue weighted by atomic mass is 79.9. The number of nitrogens with zero attached hydrogens (tertiary/aromatic N) is 1. The summed E-state index contributed by atoms with van der Waals surface area (Å²) >= 11 is 15.1. The molecule has 0 fully saturated rings. The minimum atomic E-state index is 0.159. The van der Waals surface area contributed by atoms with Crippen LogP contribution in [0.2, 0.25) is 10.0 Å². The van der Waals surface area contributed by atoms with Crippen molar-refractivity contribution in [2.45, 2.75) is 0 Å². The molecular formula is C13H8BrCl2NO. The monoisotopic (exact) mass is 343 g/mol. The fourth-order valence-corrected chi connectivity index (χ4v) is 2.19. The minimum absolute atomic E-state index is 0.159. The van der Waals surface area contributed by atoms with Gasteiger partial charge >= 0.3 is 0 Å². The van der Waals surface area contributed by atoms with Crippen LogP contribution in [-0.2, 0) is 0 Å². The van der Waals surface area contributed by atoms with Crippen LogP contribution >= 0.6 is 39.1 Å². The van der Waals surface area contributed by atoms with E-state index in [1.165, 1.54) is 0 Å². The first-order valence-electron chi connectivity index (χ1n) is 5.04. The first-order valence-corrected chi connectivity index (χ1v) is 6.59. The van der Waals surface area contributed by atoms with Crippen molar-refractivity contribution in [2.75, 3.05) is 0 Å². The van der Waals surface area contributed by atoms with Crippen LogP contribution in [-0.4, -0.2) is 11.3 Å². The van der Waals surface area contributed by atoms with Gasteiger partial charge in [-0.25, -0.2) is 0 Å². The molecule has 0 heterocycles. The Bertz CT molecular complexity index is 614. The first kappa shape index (κ1) is 13.4. The largest absolute Gasteiger partial charge is 0.507 e. The summed E-state index contributed by atoms with van der Waals surface area (Å²) in [5, 5.41) is 10.7. The highest BCUT2D eigenvalue weighted by Gasteiger charge is 2.01. The van der Waals surface area contributed by atoms with Crippen LogP contribution in [0.5, 0.6) is 5.75 Å². The van der Waals surface area contributed by atoms with Crippen molar-refractivity contribution in [1.82, 2.24) is 0 Å². The van der Waals surface area contributed by atoms with Crippen molar-refractivity contribution < 1.29 is 5.11 Å². The van der Waals surface area contributed by atoms with Crippen LogP contribution in [0.3, 0.4) is 0 Å². The summed E-state index contributed by atoms with van der Waals surface area (Å²) in [7, 11) is 0. The summed E-state index contributed by atoms with van der Waals surface area (Å²) in [5.74, 6) is 0.159. The Kier molecular flexibility index (Phi) is 4.27. The number of halogens is 3. The quantitative estimate of drug-likeness (QED) is 0.745. The van der Waals surface area contributed by atoms with E-state index < -0.39 is 0 Å². The van der Waals surface area contributed by atoms with Gasteiger partial charge in [-0.3, -0.25) is 4.99 Å². The molecular weight excluding hydrogens is 337 g/mol. The number of aromatic hydroxyl groups is 1. The van der Waals surface area contributed by atoms with Crippen LogP contribution in [0.25, 0.3) is 0 Å². The van der Waals surface area contributed by atoms with Crippen molar-refractivity contribution in [2.24, 2.45) is 4.99 Å². The van der Waals surface area contributed by atoms with E-state index in [1.54, 1.807) is 42.6 Å². The van der Waals surface area contributed by atoms with Gasteiger partial charge in [0.1, 0.15) is 5.75 Å². The lowest BCUT2D eigenvalue weighted by Crippen LogP contribution is -1.82. The van der Waals surface area contributed by atoms with Gasteiger partial charge in [0.25, 0.3) is 0 Å². The molecule has 0 unspecified atom stereocenters. The first-order chi connectivity index (χ1) is 8.56. The average Bonchev–Trinajstić information content (AvgIpc) is 2.32. The summed E-state index contributed by atoms with van der Waals surface area (Å²) in [6.45, 7) is 0. The lowest BCUT2D eigenvalue weighted by Gasteiger charge is -2.01. The Morgan fingerprint density at radius 1 is 1.11 bits per heavy atom. The summed E-state index contributed by atoms with van der Waals surface area (Å²) < 4.78 is 0.865. The Hall–Kier alpha value is -1.03. The Morgan fingerprint density at radius 3 is 2.61 bits per heavy atom. The maximum Gasteiger partial charge on any atom is 0.124 e. The molecule has 0 radical (unpaired) electrons. The second-order valence-electron chi connectivity index (χ2n) is 3.56. The molecule has 0 amide bonds. The van der Waals surface area contributed by atoms with E-state index in [9.17, 15) is 5.11 Å². The maximum atomic E-state index is 9.66. The Morgan fingerprint density at radius 2 is 1.89 bits per heavy atom. The number of phenolic OH excluding ortho intramolecular Hbond substituents is 1. The zero-order valence-electron chi connectivity index (χ0n) is 9.07. The molecule has 2 aromatic carbocycles. The molecule has 0 aliphatic rings.